The third-order valence-electron chi connectivity index (χ3n) is 13.3. The Hall–Kier alpha value is -8.94. The number of rotatable bonds is 8. The molecule has 0 unspecified atom stereocenters. The van der Waals surface area contributed by atoms with Crippen LogP contribution in [0.4, 0.5) is 0 Å². The molecule has 338 valence electrons. The Bertz CT molecular complexity index is 4440. The Morgan fingerprint density at radius 3 is 1.97 bits per heavy atom. The summed E-state index contributed by atoms with van der Waals surface area (Å²) in [5.74, 6) is 3.49. The number of ether oxygens (including phenoxy) is 2. The van der Waals surface area contributed by atoms with Crippen LogP contribution in [-0.2, 0) is 5.41 Å². The van der Waals surface area contributed by atoms with Crippen LogP contribution in [0.3, 0.4) is 0 Å². The molecular weight excluding hydrogens is 868 g/mol. The highest BCUT2D eigenvalue weighted by molar-refractivity contribution is 6.97. The molecule has 1 aliphatic rings. The van der Waals surface area contributed by atoms with Gasteiger partial charge in [0.2, 0.25) is 0 Å². The van der Waals surface area contributed by atoms with Gasteiger partial charge in [0.1, 0.15) is 28.8 Å². The lowest BCUT2D eigenvalue weighted by Crippen LogP contribution is -2.54. The number of pyridine rings is 1. The van der Waals surface area contributed by atoms with Crippen molar-refractivity contribution in [2.75, 3.05) is 0 Å². The molecule has 6 nitrogen and oxygen atoms in total. The SMILES string of the molecule is [2H]c1c([2H])c([2H])c(-c2cccc(-c3c([2H])c([2H])c([2H])c([2H])c3[2H])c2-[n+]2[c-]n(-c3cccc(Oc4ccc5c6cc(B7c8ccccc8Oc8ccccc87)ccc6n(-c6cc(C(C)(C)C)ccn6)c5c4)c3)c3ccccc32)c([2H])c1[2H]. The Labute approximate surface area is 427 Å². The molecule has 13 rings (SSSR count). The van der Waals surface area contributed by atoms with E-state index in [1.807, 2.05) is 91.1 Å². The molecule has 1 aliphatic heterocycles. The predicted molar refractivity (Wildman–Crippen MR) is 289 cm³/mol. The van der Waals surface area contributed by atoms with Crippen molar-refractivity contribution in [3.63, 3.8) is 0 Å². The standard InChI is InChI=1S/C64H47BN4O2/c1-64(2,3)45-36-37-66-62(38-45)69-56-35-32-46(65-54-26-10-14-30-60(54)71-61-31-15-11-27-55(61)65)39-53(56)52-34-33-49(41-59(52)69)70-48-23-16-22-47(40-48)67-42-68(58-29-13-12-28-57(58)67)63-50(43-18-6-4-7-19-43)24-17-25-51(63)44-20-8-5-9-21-44/h4-41H,1-3H3/i4D,5D,6D,7D,8D,9D,18D,19D,20D,21D. The summed E-state index contributed by atoms with van der Waals surface area (Å²) in [4.78, 5) is 4.97. The first-order valence-corrected chi connectivity index (χ1v) is 23.4. The van der Waals surface area contributed by atoms with E-state index in [1.165, 1.54) is 0 Å². The van der Waals surface area contributed by atoms with Crippen molar-refractivity contribution in [2.24, 2.45) is 0 Å². The molecule has 9 aromatic carbocycles. The van der Waals surface area contributed by atoms with Crippen LogP contribution in [0.25, 0.3) is 72.3 Å². The second kappa shape index (κ2) is 16.9. The van der Waals surface area contributed by atoms with Crippen molar-refractivity contribution in [1.82, 2.24) is 14.1 Å². The minimum atomic E-state index is -0.571. The minimum absolute atomic E-state index is 0.0721. The van der Waals surface area contributed by atoms with Crippen molar-refractivity contribution in [3.8, 4) is 62.4 Å². The number of aromatic nitrogens is 4. The predicted octanol–water partition coefficient (Wildman–Crippen LogP) is 13.2. The zero-order valence-corrected chi connectivity index (χ0v) is 38.8. The van der Waals surface area contributed by atoms with Crippen LogP contribution in [0.1, 0.15) is 40.0 Å². The monoisotopic (exact) mass is 924 g/mol. The van der Waals surface area contributed by atoms with Gasteiger partial charge in [-0.25, -0.2) is 4.98 Å². The molecule has 71 heavy (non-hydrogen) atoms. The topological polar surface area (TPSA) is 45.1 Å². The molecule has 0 spiro atoms. The molecule has 12 aromatic rings. The first-order valence-electron chi connectivity index (χ1n) is 28.4. The highest BCUT2D eigenvalue weighted by Gasteiger charge is 2.32. The third kappa shape index (κ3) is 7.37. The summed E-state index contributed by atoms with van der Waals surface area (Å²) in [5.41, 5.74) is 8.19. The summed E-state index contributed by atoms with van der Waals surface area (Å²) in [6.07, 6.45) is 5.33. The number of nitrogens with zero attached hydrogens (tertiary/aromatic N) is 4. The highest BCUT2D eigenvalue weighted by Crippen LogP contribution is 2.38. The summed E-state index contributed by atoms with van der Waals surface area (Å²) in [5, 5.41) is 2.06. The van der Waals surface area contributed by atoms with E-state index in [2.05, 4.69) is 92.3 Å². The van der Waals surface area contributed by atoms with Gasteiger partial charge in [0, 0.05) is 23.0 Å². The first-order chi connectivity index (χ1) is 39.0. The number of imidazole rings is 1. The lowest BCUT2D eigenvalue weighted by atomic mass is 9.36. The van der Waals surface area contributed by atoms with Crippen molar-refractivity contribution < 1.29 is 27.7 Å². The Morgan fingerprint density at radius 1 is 0.592 bits per heavy atom. The number of benzene rings is 9. The fourth-order valence-electron chi connectivity index (χ4n) is 9.98. The molecular formula is C64H47BN4O2. The quantitative estimate of drug-likeness (QED) is 0.0866. The number of hydrogen-bond acceptors (Lipinski definition) is 3. The summed E-state index contributed by atoms with van der Waals surface area (Å²) in [7, 11) is 0. The van der Waals surface area contributed by atoms with E-state index in [-0.39, 0.29) is 40.1 Å². The third-order valence-corrected chi connectivity index (χ3v) is 13.3. The van der Waals surface area contributed by atoms with Crippen LogP contribution < -0.4 is 30.4 Å². The van der Waals surface area contributed by atoms with Gasteiger partial charge in [-0.1, -0.05) is 184 Å². The molecule has 0 bridgehead atoms. The van der Waals surface area contributed by atoms with Gasteiger partial charge in [-0.05, 0) is 105 Å². The van der Waals surface area contributed by atoms with E-state index >= 15 is 0 Å². The van der Waals surface area contributed by atoms with Crippen LogP contribution in [0.15, 0.2) is 230 Å². The lowest BCUT2D eigenvalue weighted by molar-refractivity contribution is -0.571. The molecule has 7 heteroatoms. The van der Waals surface area contributed by atoms with Crippen molar-refractivity contribution in [1.29, 1.82) is 0 Å². The van der Waals surface area contributed by atoms with E-state index in [4.69, 9.17) is 28.2 Å². The van der Waals surface area contributed by atoms with Crippen molar-refractivity contribution >= 4 is 55.9 Å². The van der Waals surface area contributed by atoms with Crippen LogP contribution in [-0.4, -0.2) is 20.8 Å². The number of fused-ring (bicyclic) bond motifs is 6. The molecule has 4 heterocycles. The smallest absolute Gasteiger partial charge is 0.269 e. The van der Waals surface area contributed by atoms with E-state index in [9.17, 15) is 0 Å². The minimum Gasteiger partial charge on any atom is -0.458 e. The fourth-order valence-corrected chi connectivity index (χ4v) is 9.98. The van der Waals surface area contributed by atoms with Crippen LogP contribution in [0.2, 0.25) is 0 Å². The molecule has 0 atom stereocenters. The second-order valence-corrected chi connectivity index (χ2v) is 18.6. The molecule has 0 aliphatic carbocycles. The molecule has 0 saturated carbocycles. The number of para-hydroxylation sites is 5. The summed E-state index contributed by atoms with van der Waals surface area (Å²) in [6.45, 7) is 6.49. The number of hydrogen-bond donors (Lipinski definition) is 0. The molecule has 3 aromatic heterocycles. The van der Waals surface area contributed by atoms with Crippen molar-refractivity contribution in [3.05, 3.63) is 242 Å². The van der Waals surface area contributed by atoms with Gasteiger partial charge in [0.15, 0.2) is 0 Å². The fraction of sp³-hybridized carbons (Fsp3) is 0.0625. The molecule has 0 radical (unpaired) electrons. The highest BCUT2D eigenvalue weighted by atomic mass is 16.5. The summed E-state index contributed by atoms with van der Waals surface area (Å²) in [6, 6.07) is 47.8. The maximum Gasteiger partial charge on any atom is 0.269 e. The summed E-state index contributed by atoms with van der Waals surface area (Å²) >= 11 is 0. The average molecular weight is 925 g/mol. The molecule has 0 N–H and O–H groups in total. The Morgan fingerprint density at radius 2 is 1.25 bits per heavy atom. The van der Waals surface area contributed by atoms with E-state index in [1.54, 1.807) is 27.3 Å². The largest absolute Gasteiger partial charge is 0.458 e. The van der Waals surface area contributed by atoms with Crippen LogP contribution in [0.5, 0.6) is 23.0 Å². The maximum atomic E-state index is 9.08. The first kappa shape index (κ1) is 32.7. The van der Waals surface area contributed by atoms with Gasteiger partial charge in [-0.15, -0.1) is 0 Å². The normalized spacial score (nSPS) is 14.2. The van der Waals surface area contributed by atoms with E-state index in [0.717, 1.165) is 61.1 Å². The zero-order chi connectivity index (χ0) is 56.3. The molecule has 0 saturated heterocycles. The lowest BCUT2D eigenvalue weighted by Gasteiger charge is -2.26. The molecule has 0 fully saturated rings. The summed E-state index contributed by atoms with van der Waals surface area (Å²) < 4.78 is 106. The van der Waals surface area contributed by atoms with Gasteiger partial charge in [-0.2, -0.15) is 0 Å². The van der Waals surface area contributed by atoms with Gasteiger partial charge in [0.05, 0.1) is 47.1 Å². The van der Waals surface area contributed by atoms with Gasteiger partial charge in [0.25, 0.3) is 13.0 Å². The van der Waals surface area contributed by atoms with Gasteiger partial charge < -0.3 is 9.47 Å². The average Bonchev–Trinajstić information content (AvgIpc) is 3.87. The van der Waals surface area contributed by atoms with Gasteiger partial charge in [-0.3, -0.25) is 13.7 Å². The van der Waals surface area contributed by atoms with Crippen LogP contribution in [0, 0.1) is 6.33 Å². The Kier molecular flexibility index (Phi) is 7.81. The van der Waals surface area contributed by atoms with Crippen molar-refractivity contribution in [2.45, 2.75) is 26.2 Å². The van der Waals surface area contributed by atoms with Gasteiger partial charge >= 0.3 is 0 Å². The Balaban J connectivity index is 0.959. The maximum absolute atomic E-state index is 9.08. The second-order valence-electron chi connectivity index (χ2n) is 18.6. The van der Waals surface area contributed by atoms with E-state index < -0.39 is 60.4 Å². The molecule has 0 amide bonds. The zero-order valence-electron chi connectivity index (χ0n) is 48.8. The van der Waals surface area contributed by atoms with E-state index in [0.29, 0.717) is 28.2 Å². The van der Waals surface area contributed by atoms with Crippen LogP contribution >= 0.6 is 0 Å².